The van der Waals surface area contributed by atoms with Crippen LogP contribution in [0.3, 0.4) is 0 Å². The van der Waals surface area contributed by atoms with Gasteiger partial charge in [-0.1, -0.05) is 6.92 Å². The van der Waals surface area contributed by atoms with Gasteiger partial charge in [-0.3, -0.25) is 4.90 Å². The first-order valence-corrected chi connectivity index (χ1v) is 6.63. The third-order valence-corrected chi connectivity index (χ3v) is 3.56. The van der Waals surface area contributed by atoms with E-state index in [1.165, 1.54) is 0 Å². The standard InChI is InChI=1S/C13H22N4O/c1-3-12(10-18)16-4-6-17(7-5-16)13-14-8-11(2)9-15-13/h8-9,12,18H,3-7,10H2,1-2H3. The molecule has 1 fully saturated rings. The second kappa shape index (κ2) is 6.11. The second-order valence-corrected chi connectivity index (χ2v) is 4.83. The topological polar surface area (TPSA) is 52.5 Å². The maximum atomic E-state index is 9.31. The normalized spacial score (nSPS) is 18.9. The van der Waals surface area contributed by atoms with Crippen molar-refractivity contribution in [3.63, 3.8) is 0 Å². The minimum atomic E-state index is 0.248. The number of anilines is 1. The average Bonchev–Trinajstić information content (AvgIpc) is 2.42. The lowest BCUT2D eigenvalue weighted by Gasteiger charge is -2.38. The molecule has 1 saturated heterocycles. The van der Waals surface area contributed by atoms with Gasteiger partial charge < -0.3 is 10.0 Å². The summed E-state index contributed by atoms with van der Waals surface area (Å²) in [4.78, 5) is 13.3. The quantitative estimate of drug-likeness (QED) is 0.851. The Hall–Kier alpha value is -1.20. The predicted molar refractivity (Wildman–Crippen MR) is 71.7 cm³/mol. The Balaban J connectivity index is 1.92. The number of piperazine rings is 1. The molecular formula is C13H22N4O. The van der Waals surface area contributed by atoms with Crippen LogP contribution in [0.5, 0.6) is 0 Å². The van der Waals surface area contributed by atoms with Crippen LogP contribution in [0.25, 0.3) is 0 Å². The van der Waals surface area contributed by atoms with E-state index < -0.39 is 0 Å². The van der Waals surface area contributed by atoms with Gasteiger partial charge in [0.2, 0.25) is 5.95 Å². The Bertz CT molecular complexity index is 356. The summed E-state index contributed by atoms with van der Waals surface area (Å²) in [5.41, 5.74) is 1.09. The smallest absolute Gasteiger partial charge is 0.225 e. The first kappa shape index (κ1) is 13.2. The Labute approximate surface area is 108 Å². The van der Waals surface area contributed by atoms with Crippen LogP contribution in [0.15, 0.2) is 12.4 Å². The highest BCUT2D eigenvalue weighted by atomic mass is 16.3. The highest BCUT2D eigenvalue weighted by molar-refractivity contribution is 5.30. The van der Waals surface area contributed by atoms with E-state index in [1.807, 2.05) is 19.3 Å². The molecule has 0 aliphatic carbocycles. The van der Waals surface area contributed by atoms with Crippen LogP contribution in [0.2, 0.25) is 0 Å². The van der Waals surface area contributed by atoms with Crippen LogP contribution >= 0.6 is 0 Å². The van der Waals surface area contributed by atoms with Gasteiger partial charge in [-0.15, -0.1) is 0 Å². The fraction of sp³-hybridized carbons (Fsp3) is 0.692. The van der Waals surface area contributed by atoms with Gasteiger partial charge in [0, 0.05) is 44.6 Å². The van der Waals surface area contributed by atoms with E-state index in [0.29, 0.717) is 6.04 Å². The molecule has 1 unspecified atom stereocenters. The van der Waals surface area contributed by atoms with Crippen LogP contribution in [-0.4, -0.2) is 58.8 Å². The maximum absolute atomic E-state index is 9.31. The molecule has 0 bridgehead atoms. The molecule has 2 rings (SSSR count). The predicted octanol–water partition coefficient (Wildman–Crippen LogP) is 0.678. The minimum absolute atomic E-state index is 0.248. The third kappa shape index (κ3) is 2.97. The fourth-order valence-electron chi connectivity index (χ4n) is 2.34. The Morgan fingerprint density at radius 1 is 1.22 bits per heavy atom. The molecule has 0 radical (unpaired) electrons. The molecule has 5 nitrogen and oxygen atoms in total. The van der Waals surface area contributed by atoms with E-state index in [0.717, 1.165) is 44.1 Å². The van der Waals surface area contributed by atoms with Crippen molar-refractivity contribution in [2.45, 2.75) is 26.3 Å². The van der Waals surface area contributed by atoms with Crippen LogP contribution in [0.4, 0.5) is 5.95 Å². The van der Waals surface area contributed by atoms with Crippen molar-refractivity contribution in [2.75, 3.05) is 37.7 Å². The molecule has 0 saturated carbocycles. The van der Waals surface area contributed by atoms with Crippen LogP contribution < -0.4 is 4.90 Å². The Kier molecular flexibility index (Phi) is 4.49. The zero-order chi connectivity index (χ0) is 13.0. The van der Waals surface area contributed by atoms with Crippen molar-refractivity contribution in [1.29, 1.82) is 0 Å². The molecule has 1 N–H and O–H groups in total. The fourth-order valence-corrected chi connectivity index (χ4v) is 2.34. The van der Waals surface area contributed by atoms with Crippen molar-refractivity contribution in [3.8, 4) is 0 Å². The van der Waals surface area contributed by atoms with Crippen molar-refractivity contribution in [2.24, 2.45) is 0 Å². The van der Waals surface area contributed by atoms with Crippen LogP contribution in [-0.2, 0) is 0 Å². The summed E-state index contributed by atoms with van der Waals surface area (Å²) in [5.74, 6) is 0.817. The molecule has 1 aromatic rings. The summed E-state index contributed by atoms with van der Waals surface area (Å²) >= 11 is 0. The van der Waals surface area contributed by atoms with Gasteiger partial charge in [-0.25, -0.2) is 9.97 Å². The largest absolute Gasteiger partial charge is 0.395 e. The van der Waals surface area contributed by atoms with Gasteiger partial charge >= 0.3 is 0 Å². The number of hydrogen-bond acceptors (Lipinski definition) is 5. The number of rotatable bonds is 4. The zero-order valence-corrected chi connectivity index (χ0v) is 11.2. The lowest BCUT2D eigenvalue weighted by Crippen LogP contribution is -2.51. The molecule has 100 valence electrons. The summed E-state index contributed by atoms with van der Waals surface area (Å²) in [7, 11) is 0. The molecule has 0 spiro atoms. The lowest BCUT2D eigenvalue weighted by atomic mass is 10.2. The summed E-state index contributed by atoms with van der Waals surface area (Å²) in [5, 5.41) is 9.31. The summed E-state index contributed by atoms with van der Waals surface area (Å²) < 4.78 is 0. The molecule has 1 atom stereocenters. The Morgan fingerprint density at radius 2 is 1.83 bits per heavy atom. The van der Waals surface area contributed by atoms with Gasteiger partial charge in [0.15, 0.2) is 0 Å². The number of nitrogens with zero attached hydrogens (tertiary/aromatic N) is 4. The molecule has 1 aliphatic rings. The summed E-state index contributed by atoms with van der Waals surface area (Å²) in [6, 6.07) is 0.297. The number of aryl methyl sites for hydroxylation is 1. The van der Waals surface area contributed by atoms with Crippen molar-refractivity contribution in [1.82, 2.24) is 14.9 Å². The van der Waals surface area contributed by atoms with Gasteiger partial charge in [-0.2, -0.15) is 0 Å². The average molecular weight is 250 g/mol. The molecule has 1 aliphatic heterocycles. The van der Waals surface area contributed by atoms with Crippen molar-refractivity contribution < 1.29 is 5.11 Å². The zero-order valence-electron chi connectivity index (χ0n) is 11.2. The van der Waals surface area contributed by atoms with Gasteiger partial charge in [0.05, 0.1) is 6.61 Å². The SMILES string of the molecule is CCC(CO)N1CCN(c2ncc(C)cn2)CC1. The number of aromatic nitrogens is 2. The van der Waals surface area contributed by atoms with E-state index in [4.69, 9.17) is 0 Å². The first-order valence-electron chi connectivity index (χ1n) is 6.63. The van der Waals surface area contributed by atoms with E-state index in [1.54, 1.807) is 0 Å². The highest BCUT2D eigenvalue weighted by Crippen LogP contribution is 2.13. The minimum Gasteiger partial charge on any atom is -0.395 e. The molecule has 0 amide bonds. The molecule has 18 heavy (non-hydrogen) atoms. The van der Waals surface area contributed by atoms with E-state index >= 15 is 0 Å². The molecule has 5 heteroatoms. The summed E-state index contributed by atoms with van der Waals surface area (Å²) in [6.07, 6.45) is 4.71. The lowest BCUT2D eigenvalue weighted by molar-refractivity contribution is 0.113. The number of aliphatic hydroxyl groups excluding tert-OH is 1. The van der Waals surface area contributed by atoms with Crippen LogP contribution in [0.1, 0.15) is 18.9 Å². The molecule has 0 aromatic carbocycles. The Morgan fingerprint density at radius 3 is 2.33 bits per heavy atom. The highest BCUT2D eigenvalue weighted by Gasteiger charge is 2.23. The maximum Gasteiger partial charge on any atom is 0.225 e. The van der Waals surface area contributed by atoms with E-state index in [2.05, 4.69) is 26.7 Å². The molecule has 2 heterocycles. The summed E-state index contributed by atoms with van der Waals surface area (Å²) in [6.45, 7) is 8.16. The first-order chi connectivity index (χ1) is 8.74. The second-order valence-electron chi connectivity index (χ2n) is 4.83. The molecular weight excluding hydrogens is 228 g/mol. The van der Waals surface area contributed by atoms with E-state index in [-0.39, 0.29) is 6.61 Å². The molecule has 1 aromatic heterocycles. The van der Waals surface area contributed by atoms with Gasteiger partial charge in [-0.05, 0) is 18.9 Å². The monoisotopic (exact) mass is 250 g/mol. The van der Waals surface area contributed by atoms with Gasteiger partial charge in [0.25, 0.3) is 0 Å². The number of hydrogen-bond donors (Lipinski definition) is 1. The number of aliphatic hydroxyl groups is 1. The third-order valence-electron chi connectivity index (χ3n) is 3.56. The van der Waals surface area contributed by atoms with Crippen molar-refractivity contribution in [3.05, 3.63) is 18.0 Å². The van der Waals surface area contributed by atoms with Crippen LogP contribution in [0, 0.1) is 6.92 Å². The van der Waals surface area contributed by atoms with Crippen molar-refractivity contribution >= 4 is 5.95 Å². The van der Waals surface area contributed by atoms with Gasteiger partial charge in [0.1, 0.15) is 0 Å². The van der Waals surface area contributed by atoms with E-state index in [9.17, 15) is 5.11 Å².